The Bertz CT molecular complexity index is 587. The molecule has 2 aromatic rings. The molecule has 0 unspecified atom stereocenters. The Kier molecular flexibility index (Phi) is 2.29. The average molecular weight is 221 g/mol. The van der Waals surface area contributed by atoms with Crippen LogP contribution >= 0.6 is 11.6 Å². The minimum Gasteiger partial charge on any atom is -0.232 e. The quantitative estimate of drug-likeness (QED) is 0.640. The first-order chi connectivity index (χ1) is 7.15. The van der Waals surface area contributed by atoms with Crippen LogP contribution in [0, 0.1) is 24.1 Å². The average Bonchev–Trinajstić information content (AvgIpc) is 2.20. The molecule has 4 heteroatoms. The number of nitriles is 1. The van der Waals surface area contributed by atoms with Crippen molar-refractivity contribution in [3.05, 3.63) is 40.3 Å². The lowest BCUT2D eigenvalue weighted by molar-refractivity contribution is 0.636. The molecule has 0 radical (unpaired) electrons. The molecule has 0 saturated carbocycles. The van der Waals surface area contributed by atoms with Crippen LogP contribution in [0.5, 0.6) is 0 Å². The first-order valence-electron chi connectivity index (χ1n) is 4.29. The smallest absolute Gasteiger partial charge is 0.149 e. The molecule has 1 aromatic carbocycles. The molecule has 0 amide bonds. The van der Waals surface area contributed by atoms with Crippen molar-refractivity contribution < 1.29 is 4.39 Å². The van der Waals surface area contributed by atoms with Crippen LogP contribution in [-0.4, -0.2) is 4.98 Å². The first kappa shape index (κ1) is 9.88. The largest absolute Gasteiger partial charge is 0.232 e. The van der Waals surface area contributed by atoms with Crippen LogP contribution in [0.4, 0.5) is 4.39 Å². The van der Waals surface area contributed by atoms with Crippen molar-refractivity contribution in [2.45, 2.75) is 6.92 Å². The van der Waals surface area contributed by atoms with Crippen molar-refractivity contribution in [3.63, 3.8) is 0 Å². The lowest BCUT2D eigenvalue weighted by Crippen LogP contribution is -1.93. The molecule has 1 heterocycles. The molecule has 0 fully saturated rings. The van der Waals surface area contributed by atoms with Crippen LogP contribution in [0.25, 0.3) is 10.9 Å². The number of aromatic nitrogens is 1. The van der Waals surface area contributed by atoms with Gasteiger partial charge in [-0.3, -0.25) is 0 Å². The van der Waals surface area contributed by atoms with Gasteiger partial charge in [0.15, 0.2) is 0 Å². The van der Waals surface area contributed by atoms with Crippen LogP contribution in [0.1, 0.15) is 11.1 Å². The lowest BCUT2D eigenvalue weighted by Gasteiger charge is -2.05. The van der Waals surface area contributed by atoms with E-state index >= 15 is 0 Å². The van der Waals surface area contributed by atoms with Gasteiger partial charge in [-0.15, -0.1) is 0 Å². The number of rotatable bonds is 0. The molecule has 0 spiro atoms. The summed E-state index contributed by atoms with van der Waals surface area (Å²) in [7, 11) is 0. The highest BCUT2D eigenvalue weighted by molar-refractivity contribution is 6.31. The highest BCUT2D eigenvalue weighted by atomic mass is 35.5. The van der Waals surface area contributed by atoms with E-state index in [1.54, 1.807) is 19.1 Å². The summed E-state index contributed by atoms with van der Waals surface area (Å²) in [6.07, 6.45) is 0. The van der Waals surface area contributed by atoms with E-state index in [0.29, 0.717) is 16.5 Å². The molecule has 2 rings (SSSR count). The molecule has 0 N–H and O–H groups in total. The molecule has 15 heavy (non-hydrogen) atoms. The standard InChI is InChI=1S/C11H6ClFN2/c1-6-7-3-2-4-9(13)10(7)15-11(12)8(6)5-14/h2-4H,1H3. The van der Waals surface area contributed by atoms with Gasteiger partial charge < -0.3 is 0 Å². The summed E-state index contributed by atoms with van der Waals surface area (Å²) < 4.78 is 13.4. The molecule has 1 aromatic heterocycles. The van der Waals surface area contributed by atoms with Crippen LogP contribution < -0.4 is 0 Å². The number of aryl methyl sites for hydroxylation is 1. The van der Waals surface area contributed by atoms with Gasteiger partial charge in [0.25, 0.3) is 0 Å². The van der Waals surface area contributed by atoms with Gasteiger partial charge in [0.1, 0.15) is 22.6 Å². The van der Waals surface area contributed by atoms with Crippen LogP contribution in [0.3, 0.4) is 0 Å². The minimum absolute atomic E-state index is 0.0487. The number of hydrogen-bond donors (Lipinski definition) is 0. The van der Waals surface area contributed by atoms with E-state index in [0.717, 1.165) is 0 Å². The Labute approximate surface area is 90.9 Å². The van der Waals surface area contributed by atoms with E-state index in [4.69, 9.17) is 16.9 Å². The monoisotopic (exact) mass is 220 g/mol. The maximum Gasteiger partial charge on any atom is 0.149 e. The SMILES string of the molecule is Cc1c(C#N)c(Cl)nc2c(F)cccc12. The summed E-state index contributed by atoms with van der Waals surface area (Å²) in [4.78, 5) is 3.87. The number of para-hydroxylation sites is 1. The normalized spacial score (nSPS) is 10.3. The number of halogens is 2. The van der Waals surface area contributed by atoms with Crippen LogP contribution in [0.2, 0.25) is 5.15 Å². The van der Waals surface area contributed by atoms with Crippen molar-refractivity contribution in [2.24, 2.45) is 0 Å². The van der Waals surface area contributed by atoms with E-state index in [-0.39, 0.29) is 10.7 Å². The highest BCUT2D eigenvalue weighted by Gasteiger charge is 2.12. The van der Waals surface area contributed by atoms with Crippen molar-refractivity contribution in [3.8, 4) is 6.07 Å². The Morgan fingerprint density at radius 3 is 2.87 bits per heavy atom. The summed E-state index contributed by atoms with van der Waals surface area (Å²) in [6, 6.07) is 6.58. The predicted molar refractivity (Wildman–Crippen MR) is 56.2 cm³/mol. The molecule has 0 saturated heterocycles. The Hall–Kier alpha value is -1.66. The summed E-state index contributed by atoms with van der Waals surface area (Å²) in [5.41, 5.74) is 1.17. The van der Waals surface area contributed by atoms with Gasteiger partial charge in [0, 0.05) is 5.39 Å². The first-order valence-corrected chi connectivity index (χ1v) is 4.67. The Morgan fingerprint density at radius 2 is 2.20 bits per heavy atom. The second kappa shape index (κ2) is 3.48. The fourth-order valence-corrected chi connectivity index (χ4v) is 1.77. The number of pyridine rings is 1. The summed E-state index contributed by atoms with van der Waals surface area (Å²) in [5.74, 6) is -0.429. The number of benzene rings is 1. The zero-order chi connectivity index (χ0) is 11.0. The Balaban J connectivity index is 2.99. The van der Waals surface area contributed by atoms with E-state index in [2.05, 4.69) is 4.98 Å². The second-order valence-corrected chi connectivity index (χ2v) is 3.51. The zero-order valence-electron chi connectivity index (χ0n) is 7.88. The van der Waals surface area contributed by atoms with Crippen molar-refractivity contribution in [1.29, 1.82) is 5.26 Å². The molecule has 0 aliphatic rings. The fraction of sp³-hybridized carbons (Fsp3) is 0.0909. The number of hydrogen-bond acceptors (Lipinski definition) is 2. The van der Waals surface area contributed by atoms with Gasteiger partial charge >= 0.3 is 0 Å². The summed E-state index contributed by atoms with van der Waals surface area (Å²) in [6.45, 7) is 1.73. The van der Waals surface area contributed by atoms with Gasteiger partial charge in [0.2, 0.25) is 0 Å². The van der Waals surface area contributed by atoms with E-state index in [1.807, 2.05) is 6.07 Å². The molecule has 2 nitrogen and oxygen atoms in total. The van der Waals surface area contributed by atoms with Crippen molar-refractivity contribution in [2.75, 3.05) is 0 Å². The fourth-order valence-electron chi connectivity index (χ4n) is 1.51. The topological polar surface area (TPSA) is 36.7 Å². The van der Waals surface area contributed by atoms with E-state index in [1.165, 1.54) is 6.07 Å². The molecule has 0 aliphatic heterocycles. The predicted octanol–water partition coefficient (Wildman–Crippen LogP) is 3.21. The van der Waals surface area contributed by atoms with E-state index in [9.17, 15) is 4.39 Å². The second-order valence-electron chi connectivity index (χ2n) is 3.15. The molecular formula is C11H6ClFN2. The highest BCUT2D eigenvalue weighted by Crippen LogP contribution is 2.26. The summed E-state index contributed by atoms with van der Waals surface area (Å²) >= 11 is 5.78. The number of fused-ring (bicyclic) bond motifs is 1. The third-order valence-electron chi connectivity index (χ3n) is 2.29. The van der Waals surface area contributed by atoms with Crippen LogP contribution in [-0.2, 0) is 0 Å². The molecule has 0 aliphatic carbocycles. The lowest BCUT2D eigenvalue weighted by atomic mass is 10.1. The third kappa shape index (κ3) is 1.43. The maximum absolute atomic E-state index is 13.4. The molecule has 0 atom stereocenters. The van der Waals surface area contributed by atoms with Crippen molar-refractivity contribution >= 4 is 22.5 Å². The van der Waals surface area contributed by atoms with Gasteiger partial charge in [-0.05, 0) is 18.6 Å². The molecular weight excluding hydrogens is 215 g/mol. The Morgan fingerprint density at radius 1 is 1.47 bits per heavy atom. The van der Waals surface area contributed by atoms with Crippen LogP contribution in [0.15, 0.2) is 18.2 Å². The third-order valence-corrected chi connectivity index (χ3v) is 2.57. The minimum atomic E-state index is -0.429. The molecule has 0 bridgehead atoms. The number of nitrogens with zero attached hydrogens (tertiary/aromatic N) is 2. The maximum atomic E-state index is 13.4. The van der Waals surface area contributed by atoms with Gasteiger partial charge in [-0.1, -0.05) is 23.7 Å². The zero-order valence-corrected chi connectivity index (χ0v) is 8.64. The van der Waals surface area contributed by atoms with Crippen molar-refractivity contribution in [1.82, 2.24) is 4.98 Å². The van der Waals surface area contributed by atoms with Gasteiger partial charge in [-0.2, -0.15) is 5.26 Å². The van der Waals surface area contributed by atoms with Gasteiger partial charge in [-0.25, -0.2) is 9.37 Å². The molecule has 74 valence electrons. The van der Waals surface area contributed by atoms with Gasteiger partial charge in [0.05, 0.1) is 5.56 Å². The van der Waals surface area contributed by atoms with E-state index < -0.39 is 5.82 Å². The summed E-state index contributed by atoms with van der Waals surface area (Å²) in [5, 5.41) is 9.53.